The van der Waals surface area contributed by atoms with E-state index < -0.39 is 38.2 Å². The highest BCUT2D eigenvalue weighted by atomic mass is 32.2. The number of benzene rings is 1. The number of aliphatic carboxylic acids is 1. The molecule has 1 aromatic carbocycles. The van der Waals surface area contributed by atoms with Crippen LogP contribution >= 0.6 is 0 Å². The number of rotatable bonds is 7. The van der Waals surface area contributed by atoms with Crippen molar-refractivity contribution in [3.05, 3.63) is 24.3 Å². The van der Waals surface area contributed by atoms with Crippen LogP contribution in [0.25, 0.3) is 0 Å². The molecule has 112 valence electrons. The second-order valence-electron chi connectivity index (χ2n) is 3.80. The number of sulfonamides is 2. The molecular weight excluding hydrogens is 308 g/mol. The number of carboxylic acid groups (broad SMARTS) is 1. The Hall–Kier alpha value is -1.65. The lowest BCUT2D eigenvalue weighted by molar-refractivity contribution is -0.136. The molecule has 0 spiro atoms. The van der Waals surface area contributed by atoms with Gasteiger partial charge in [-0.15, -0.1) is 0 Å². The van der Waals surface area contributed by atoms with Crippen molar-refractivity contribution in [2.45, 2.75) is 11.3 Å². The molecule has 3 N–H and O–H groups in total. The highest BCUT2D eigenvalue weighted by molar-refractivity contribution is 7.92. The van der Waals surface area contributed by atoms with E-state index in [0.717, 1.165) is 6.07 Å². The zero-order valence-corrected chi connectivity index (χ0v) is 12.2. The summed E-state index contributed by atoms with van der Waals surface area (Å²) in [7, 11) is -6.29. The molecule has 0 saturated heterocycles. The summed E-state index contributed by atoms with van der Waals surface area (Å²) in [5, 5.41) is 8.45. The Morgan fingerprint density at radius 2 is 1.90 bits per heavy atom. The van der Waals surface area contributed by atoms with Crippen LogP contribution in [0.2, 0.25) is 0 Å². The van der Waals surface area contributed by atoms with Crippen LogP contribution in [0.1, 0.15) is 6.42 Å². The van der Waals surface area contributed by atoms with Gasteiger partial charge in [0.05, 0.1) is 17.1 Å². The van der Waals surface area contributed by atoms with Gasteiger partial charge in [0.15, 0.2) is 0 Å². The van der Waals surface area contributed by atoms with E-state index in [2.05, 4.69) is 9.44 Å². The second kappa shape index (κ2) is 6.20. The van der Waals surface area contributed by atoms with Gasteiger partial charge >= 0.3 is 5.97 Å². The molecule has 20 heavy (non-hydrogen) atoms. The van der Waals surface area contributed by atoms with Gasteiger partial charge in [0.25, 0.3) is 0 Å². The van der Waals surface area contributed by atoms with Gasteiger partial charge in [-0.05, 0) is 25.2 Å². The maximum absolute atomic E-state index is 11.6. The van der Waals surface area contributed by atoms with E-state index in [1.165, 1.54) is 25.2 Å². The smallest absolute Gasteiger partial charge is 0.304 e. The fraction of sp³-hybridized carbons (Fsp3) is 0.300. The predicted molar refractivity (Wildman–Crippen MR) is 72.3 cm³/mol. The molecule has 0 fully saturated rings. The molecule has 1 aromatic rings. The Morgan fingerprint density at radius 1 is 1.25 bits per heavy atom. The first kappa shape index (κ1) is 16.4. The standard InChI is InChI=1S/C10H14N2O6S2/c1-11-20(17,18)9-4-2-3-8(7-9)12-19(15,16)6-5-10(13)14/h2-4,7,11-12H,5-6H2,1H3,(H,13,14). The fourth-order valence-electron chi connectivity index (χ4n) is 1.30. The average molecular weight is 322 g/mol. The molecule has 0 saturated carbocycles. The molecule has 0 radical (unpaired) electrons. The lowest BCUT2D eigenvalue weighted by Crippen LogP contribution is -2.20. The number of hydrogen-bond acceptors (Lipinski definition) is 5. The molecule has 0 aliphatic carbocycles. The van der Waals surface area contributed by atoms with Gasteiger partial charge in [-0.25, -0.2) is 21.6 Å². The molecule has 10 heteroatoms. The minimum atomic E-state index is -3.84. The second-order valence-corrected chi connectivity index (χ2v) is 7.53. The predicted octanol–water partition coefficient (Wildman–Crippen LogP) is -0.189. The van der Waals surface area contributed by atoms with Crippen LogP contribution in [0, 0.1) is 0 Å². The summed E-state index contributed by atoms with van der Waals surface area (Å²) < 4.78 is 50.6. The zero-order chi connectivity index (χ0) is 15.4. The Kier molecular flexibility index (Phi) is 5.09. The number of carboxylic acids is 1. The third-order valence-electron chi connectivity index (χ3n) is 2.27. The van der Waals surface area contributed by atoms with Crippen molar-refractivity contribution >= 4 is 31.7 Å². The van der Waals surface area contributed by atoms with E-state index >= 15 is 0 Å². The maximum atomic E-state index is 11.6. The number of carbonyl (C=O) groups is 1. The fourth-order valence-corrected chi connectivity index (χ4v) is 3.10. The van der Waals surface area contributed by atoms with Crippen LogP contribution in [0.3, 0.4) is 0 Å². The number of anilines is 1. The van der Waals surface area contributed by atoms with Crippen molar-refractivity contribution < 1.29 is 26.7 Å². The van der Waals surface area contributed by atoms with Gasteiger partial charge in [-0.2, -0.15) is 0 Å². The summed E-state index contributed by atoms with van der Waals surface area (Å²) >= 11 is 0. The van der Waals surface area contributed by atoms with Crippen molar-refractivity contribution in [3.63, 3.8) is 0 Å². The van der Waals surface area contributed by atoms with E-state index in [-0.39, 0.29) is 10.6 Å². The van der Waals surface area contributed by atoms with Crippen molar-refractivity contribution in [1.29, 1.82) is 0 Å². The average Bonchev–Trinajstić information content (AvgIpc) is 2.36. The number of nitrogens with one attached hydrogen (secondary N) is 2. The number of hydrogen-bond donors (Lipinski definition) is 3. The first-order valence-corrected chi connectivity index (χ1v) is 8.56. The third-order valence-corrected chi connectivity index (χ3v) is 4.97. The summed E-state index contributed by atoms with van der Waals surface area (Å²) in [4.78, 5) is 10.2. The minimum absolute atomic E-state index is 0.0479. The van der Waals surface area contributed by atoms with Gasteiger partial charge in [-0.1, -0.05) is 6.07 Å². The summed E-state index contributed by atoms with van der Waals surface area (Å²) in [6.07, 6.45) is -0.538. The van der Waals surface area contributed by atoms with Gasteiger partial charge in [0.2, 0.25) is 20.0 Å². The molecule has 1 rings (SSSR count). The lowest BCUT2D eigenvalue weighted by Gasteiger charge is -2.09. The highest BCUT2D eigenvalue weighted by Crippen LogP contribution is 2.16. The largest absolute Gasteiger partial charge is 0.481 e. The molecule has 0 aliphatic rings. The Balaban J connectivity index is 2.94. The lowest BCUT2D eigenvalue weighted by atomic mass is 10.3. The first-order valence-electron chi connectivity index (χ1n) is 5.42. The van der Waals surface area contributed by atoms with E-state index in [1.54, 1.807) is 0 Å². The molecule has 8 nitrogen and oxygen atoms in total. The van der Waals surface area contributed by atoms with E-state index in [4.69, 9.17) is 5.11 Å². The van der Waals surface area contributed by atoms with Crippen molar-refractivity contribution in [3.8, 4) is 0 Å². The quantitative estimate of drug-likeness (QED) is 0.638. The molecule has 0 bridgehead atoms. The van der Waals surface area contributed by atoms with E-state index in [1.807, 2.05) is 0 Å². The molecule has 0 atom stereocenters. The van der Waals surface area contributed by atoms with Crippen LogP contribution in [0.15, 0.2) is 29.2 Å². The van der Waals surface area contributed by atoms with Crippen LogP contribution in [0.4, 0.5) is 5.69 Å². The molecule has 0 heterocycles. The van der Waals surface area contributed by atoms with Crippen molar-refractivity contribution in [2.75, 3.05) is 17.5 Å². The van der Waals surface area contributed by atoms with Gasteiger partial charge in [0.1, 0.15) is 0 Å². The molecule has 0 unspecified atom stereocenters. The Labute approximate surface area is 116 Å². The first-order chi connectivity index (χ1) is 9.16. The topological polar surface area (TPSA) is 130 Å². The van der Waals surface area contributed by atoms with Crippen LogP contribution < -0.4 is 9.44 Å². The molecule has 0 aliphatic heterocycles. The monoisotopic (exact) mass is 322 g/mol. The third kappa shape index (κ3) is 4.79. The summed E-state index contributed by atoms with van der Waals surface area (Å²) in [5.41, 5.74) is 0.0479. The highest BCUT2D eigenvalue weighted by Gasteiger charge is 2.15. The van der Waals surface area contributed by atoms with Gasteiger partial charge in [-0.3, -0.25) is 9.52 Å². The Bertz CT molecular complexity index is 696. The summed E-state index contributed by atoms with van der Waals surface area (Å²) in [6.45, 7) is 0. The van der Waals surface area contributed by atoms with Crippen molar-refractivity contribution in [2.24, 2.45) is 0 Å². The summed E-state index contributed by atoms with van der Waals surface area (Å²) in [5.74, 6) is -1.83. The van der Waals surface area contributed by atoms with Gasteiger partial charge < -0.3 is 5.11 Å². The summed E-state index contributed by atoms with van der Waals surface area (Å²) in [6, 6.07) is 5.19. The van der Waals surface area contributed by atoms with E-state index in [0.29, 0.717) is 0 Å². The maximum Gasteiger partial charge on any atom is 0.304 e. The normalized spacial score (nSPS) is 12.1. The molecule has 0 amide bonds. The van der Waals surface area contributed by atoms with Gasteiger partial charge in [0, 0.05) is 5.69 Å². The van der Waals surface area contributed by atoms with Crippen molar-refractivity contribution in [1.82, 2.24) is 4.72 Å². The van der Waals surface area contributed by atoms with Crippen LogP contribution in [-0.4, -0.2) is 40.7 Å². The molecule has 0 aromatic heterocycles. The SMILES string of the molecule is CNS(=O)(=O)c1cccc(NS(=O)(=O)CCC(=O)O)c1. The zero-order valence-electron chi connectivity index (χ0n) is 10.5. The van der Waals surface area contributed by atoms with E-state index in [9.17, 15) is 21.6 Å². The Morgan fingerprint density at radius 3 is 2.45 bits per heavy atom. The minimum Gasteiger partial charge on any atom is -0.481 e. The van der Waals surface area contributed by atoms with Crippen LogP contribution in [-0.2, 0) is 24.8 Å². The van der Waals surface area contributed by atoms with Crippen LogP contribution in [0.5, 0.6) is 0 Å². The molecular formula is C10H14N2O6S2.